The third-order valence-corrected chi connectivity index (χ3v) is 4.58. The van der Waals surface area contributed by atoms with Crippen LogP contribution >= 0.6 is 0 Å². The second kappa shape index (κ2) is 11.8. The number of hydroxylamine groups is 1. The predicted octanol–water partition coefficient (Wildman–Crippen LogP) is 3.29. The quantitative estimate of drug-likeness (QED) is 0.230. The number of hydrogen-bond acceptors (Lipinski definition) is 5. The van der Waals surface area contributed by atoms with Gasteiger partial charge in [0.1, 0.15) is 0 Å². The molecule has 168 valence electrons. The monoisotopic (exact) mass is 444 g/mol. The summed E-state index contributed by atoms with van der Waals surface area (Å²) in [5, 5.41) is 14.2. The van der Waals surface area contributed by atoms with Gasteiger partial charge < -0.3 is 15.5 Å². The maximum absolute atomic E-state index is 12.6. The molecule has 0 aliphatic carbocycles. The molecule has 3 aromatic rings. The van der Waals surface area contributed by atoms with Crippen molar-refractivity contribution in [2.75, 3.05) is 28.6 Å². The minimum atomic E-state index is -0.643. The van der Waals surface area contributed by atoms with E-state index in [1.54, 1.807) is 53.4 Å². The molecular formula is C25H24N4O4. The maximum atomic E-state index is 12.6. The van der Waals surface area contributed by atoms with Gasteiger partial charge in [0.25, 0.3) is 5.91 Å². The van der Waals surface area contributed by atoms with Gasteiger partial charge in [-0.25, -0.2) is 5.48 Å². The summed E-state index contributed by atoms with van der Waals surface area (Å²) in [5.41, 5.74) is 4.23. The van der Waals surface area contributed by atoms with Crippen molar-refractivity contribution in [2.45, 2.75) is 0 Å². The Balaban J connectivity index is 1.73. The Kier molecular flexibility index (Phi) is 8.33. The van der Waals surface area contributed by atoms with Crippen LogP contribution in [-0.2, 0) is 14.4 Å². The van der Waals surface area contributed by atoms with E-state index in [1.807, 2.05) is 36.4 Å². The number of carbonyl (C=O) groups excluding carboxylic acids is 3. The van der Waals surface area contributed by atoms with Gasteiger partial charge in [-0.3, -0.25) is 19.6 Å². The highest BCUT2D eigenvalue weighted by molar-refractivity contribution is 5.98. The molecule has 0 saturated heterocycles. The highest BCUT2D eigenvalue weighted by atomic mass is 16.5. The summed E-state index contributed by atoms with van der Waals surface area (Å²) in [6.07, 6.45) is 2.72. The molecule has 0 heterocycles. The Morgan fingerprint density at radius 3 is 1.67 bits per heavy atom. The zero-order valence-corrected chi connectivity index (χ0v) is 17.8. The molecule has 0 atom stereocenters. The third-order valence-electron chi connectivity index (χ3n) is 4.58. The van der Waals surface area contributed by atoms with Crippen molar-refractivity contribution in [3.8, 4) is 0 Å². The lowest BCUT2D eigenvalue weighted by molar-refractivity contribution is -0.124. The molecule has 8 nitrogen and oxygen atoms in total. The summed E-state index contributed by atoms with van der Waals surface area (Å²) < 4.78 is 0. The Hall–Kier alpha value is -4.43. The summed E-state index contributed by atoms with van der Waals surface area (Å²) in [7, 11) is 0. The zero-order valence-electron chi connectivity index (χ0n) is 17.8. The summed E-state index contributed by atoms with van der Waals surface area (Å²) in [5.74, 6) is -1.18. The molecule has 0 aliphatic heterocycles. The number of hydrogen-bond donors (Lipinski definition) is 4. The van der Waals surface area contributed by atoms with Crippen molar-refractivity contribution < 1.29 is 19.6 Å². The Morgan fingerprint density at radius 1 is 0.727 bits per heavy atom. The summed E-state index contributed by atoms with van der Waals surface area (Å²) in [6.45, 7) is -0.0849. The van der Waals surface area contributed by atoms with Gasteiger partial charge in [0.15, 0.2) is 0 Å². The number of amides is 3. The van der Waals surface area contributed by atoms with Crippen molar-refractivity contribution in [2.24, 2.45) is 0 Å². The average molecular weight is 444 g/mol. The molecule has 8 heteroatoms. The summed E-state index contributed by atoms with van der Waals surface area (Å²) in [6, 6.07) is 25.1. The lowest BCUT2D eigenvalue weighted by atomic mass is 10.1. The predicted molar refractivity (Wildman–Crippen MR) is 128 cm³/mol. The van der Waals surface area contributed by atoms with E-state index in [9.17, 15) is 14.4 Å². The van der Waals surface area contributed by atoms with Crippen LogP contribution in [0.1, 0.15) is 5.56 Å². The van der Waals surface area contributed by atoms with Gasteiger partial charge in [-0.1, -0.05) is 48.5 Å². The van der Waals surface area contributed by atoms with E-state index < -0.39 is 5.91 Å². The van der Waals surface area contributed by atoms with Crippen molar-refractivity contribution in [1.29, 1.82) is 0 Å². The van der Waals surface area contributed by atoms with E-state index in [2.05, 4.69) is 10.6 Å². The fraction of sp³-hybridized carbons (Fsp3) is 0.0800. The van der Waals surface area contributed by atoms with Crippen molar-refractivity contribution >= 4 is 40.9 Å². The molecule has 0 saturated carbocycles. The molecular weight excluding hydrogens is 420 g/mol. The van der Waals surface area contributed by atoms with Gasteiger partial charge in [0.2, 0.25) is 11.8 Å². The van der Waals surface area contributed by atoms with Gasteiger partial charge >= 0.3 is 0 Å². The van der Waals surface area contributed by atoms with Crippen LogP contribution in [0.25, 0.3) is 6.08 Å². The molecule has 0 radical (unpaired) electrons. The van der Waals surface area contributed by atoms with E-state index in [-0.39, 0.29) is 24.9 Å². The normalized spacial score (nSPS) is 10.5. The molecule has 0 spiro atoms. The lowest BCUT2D eigenvalue weighted by Crippen LogP contribution is -2.39. The molecule has 33 heavy (non-hydrogen) atoms. The highest BCUT2D eigenvalue weighted by Crippen LogP contribution is 2.17. The number of anilines is 3. The number of carbonyl (C=O) groups is 3. The van der Waals surface area contributed by atoms with E-state index in [4.69, 9.17) is 5.21 Å². The topological polar surface area (TPSA) is 111 Å². The Morgan fingerprint density at radius 2 is 1.21 bits per heavy atom. The van der Waals surface area contributed by atoms with Crippen LogP contribution in [0.3, 0.4) is 0 Å². The average Bonchev–Trinajstić information content (AvgIpc) is 2.83. The molecule has 3 amide bonds. The minimum Gasteiger partial charge on any atom is -0.353 e. The van der Waals surface area contributed by atoms with Crippen molar-refractivity contribution in [1.82, 2.24) is 5.48 Å². The first-order valence-corrected chi connectivity index (χ1v) is 10.2. The molecule has 3 rings (SSSR count). The van der Waals surface area contributed by atoms with Gasteiger partial charge in [0.05, 0.1) is 13.1 Å². The Bertz CT molecular complexity index is 1040. The molecule has 0 unspecified atom stereocenters. The molecule has 0 fully saturated rings. The zero-order chi connectivity index (χ0) is 23.5. The highest BCUT2D eigenvalue weighted by Gasteiger charge is 2.16. The van der Waals surface area contributed by atoms with E-state index >= 15 is 0 Å². The van der Waals surface area contributed by atoms with Crippen molar-refractivity contribution in [3.63, 3.8) is 0 Å². The van der Waals surface area contributed by atoms with Crippen LogP contribution in [0.4, 0.5) is 17.1 Å². The smallest absolute Gasteiger partial charge is 0.267 e. The standard InChI is InChI=1S/C25H24N4O4/c30-23(28-33)16-13-19-11-14-22(15-12-19)29(17-24(31)26-20-7-3-1-4-8-20)18-25(32)27-21-9-5-2-6-10-21/h1-16,33H,17-18H2,(H,26,31)(H,27,32)(H,28,30)/b16-13+. The van der Waals surface area contributed by atoms with Crippen LogP contribution in [0.2, 0.25) is 0 Å². The lowest BCUT2D eigenvalue weighted by Gasteiger charge is -2.24. The summed E-state index contributed by atoms with van der Waals surface area (Å²) >= 11 is 0. The summed E-state index contributed by atoms with van der Waals surface area (Å²) in [4.78, 5) is 38.1. The van der Waals surface area contributed by atoms with Gasteiger partial charge in [-0.15, -0.1) is 0 Å². The van der Waals surface area contributed by atoms with Crippen molar-refractivity contribution in [3.05, 3.63) is 96.6 Å². The minimum absolute atomic E-state index is 0.0425. The van der Waals surface area contributed by atoms with Crippen LogP contribution in [0.15, 0.2) is 91.0 Å². The van der Waals surface area contributed by atoms with Gasteiger partial charge in [-0.2, -0.15) is 0 Å². The first-order chi connectivity index (χ1) is 16.0. The molecule has 3 aromatic carbocycles. The number of para-hydroxylation sites is 2. The first kappa shape index (κ1) is 23.2. The van der Waals surface area contributed by atoms with E-state index in [0.717, 1.165) is 0 Å². The largest absolute Gasteiger partial charge is 0.353 e. The Labute approximate surface area is 191 Å². The van der Waals surface area contributed by atoms with E-state index in [1.165, 1.54) is 17.6 Å². The first-order valence-electron chi connectivity index (χ1n) is 10.2. The van der Waals surface area contributed by atoms with Gasteiger partial charge in [-0.05, 0) is 48.0 Å². The SMILES string of the molecule is O=C(/C=C/c1ccc(N(CC(=O)Nc2ccccc2)CC(=O)Nc2ccccc2)cc1)NO. The fourth-order valence-corrected chi connectivity index (χ4v) is 3.03. The van der Waals surface area contributed by atoms with E-state index in [0.29, 0.717) is 22.6 Å². The molecule has 0 aliphatic rings. The number of rotatable bonds is 9. The molecule has 4 N–H and O–H groups in total. The van der Waals surface area contributed by atoms with Crippen LogP contribution < -0.4 is 21.0 Å². The number of nitrogens with one attached hydrogen (secondary N) is 3. The maximum Gasteiger partial charge on any atom is 0.267 e. The second-order valence-corrected chi connectivity index (χ2v) is 7.09. The third kappa shape index (κ3) is 7.64. The second-order valence-electron chi connectivity index (χ2n) is 7.09. The van der Waals surface area contributed by atoms with Gasteiger partial charge in [0, 0.05) is 23.1 Å². The number of benzene rings is 3. The molecule has 0 aromatic heterocycles. The van der Waals surface area contributed by atoms with Crippen LogP contribution in [-0.4, -0.2) is 36.0 Å². The van der Waals surface area contributed by atoms with Crippen LogP contribution in [0.5, 0.6) is 0 Å². The fourth-order valence-electron chi connectivity index (χ4n) is 3.03. The molecule has 0 bridgehead atoms. The number of nitrogens with zero attached hydrogens (tertiary/aromatic N) is 1. The van der Waals surface area contributed by atoms with Crippen LogP contribution in [0, 0.1) is 0 Å².